The number of anilines is 1. The first-order chi connectivity index (χ1) is 16.7. The van der Waals surface area contributed by atoms with Gasteiger partial charge in [0, 0.05) is 22.1 Å². The number of hydrogen-bond acceptors (Lipinski definition) is 5. The zero-order chi connectivity index (χ0) is 25.3. The molecule has 0 aliphatic carbocycles. The Labute approximate surface area is 210 Å². The van der Waals surface area contributed by atoms with Crippen LogP contribution in [-0.2, 0) is 9.59 Å². The summed E-state index contributed by atoms with van der Waals surface area (Å²) in [4.78, 5) is 50.5. The van der Waals surface area contributed by atoms with Crippen molar-refractivity contribution in [2.45, 2.75) is 13.8 Å². The Kier molecular flexibility index (Phi) is 6.81. The second-order valence-electron chi connectivity index (χ2n) is 7.81. The summed E-state index contributed by atoms with van der Waals surface area (Å²) in [6.07, 6.45) is 1.59. The highest BCUT2D eigenvalue weighted by Gasteiger charge is 2.36. The molecule has 0 bridgehead atoms. The Morgan fingerprint density at radius 3 is 2.46 bits per heavy atom. The third-order valence-electron chi connectivity index (χ3n) is 5.44. The number of imide groups is 1. The molecule has 35 heavy (non-hydrogen) atoms. The van der Waals surface area contributed by atoms with E-state index < -0.39 is 29.6 Å². The number of carboxylic acid groups (broad SMARTS) is 1. The van der Waals surface area contributed by atoms with Gasteiger partial charge in [-0.2, -0.15) is 0 Å². The molecule has 1 aliphatic heterocycles. The van der Waals surface area contributed by atoms with Crippen molar-refractivity contribution >= 4 is 58.1 Å². The number of nitrogens with zero attached hydrogens (tertiary/aromatic N) is 2. The summed E-state index contributed by atoms with van der Waals surface area (Å²) in [5.41, 5.74) is 3.29. The number of carbonyl (C=O) groups is 4. The Balaban J connectivity index is 1.56. The number of aryl methyl sites for hydroxylation is 1. The number of amides is 3. The minimum atomic E-state index is -1.05. The van der Waals surface area contributed by atoms with E-state index in [2.05, 4.69) is 5.32 Å². The largest absolute Gasteiger partial charge is 0.478 e. The number of aromatic carboxylic acids is 1. The average Bonchev–Trinajstić information content (AvgIpc) is 3.24. The van der Waals surface area contributed by atoms with Crippen LogP contribution in [0.3, 0.4) is 0 Å². The van der Waals surface area contributed by atoms with Gasteiger partial charge in [-0.25, -0.2) is 4.79 Å². The van der Waals surface area contributed by atoms with Gasteiger partial charge in [0.1, 0.15) is 6.54 Å². The van der Waals surface area contributed by atoms with Crippen molar-refractivity contribution < 1.29 is 24.3 Å². The fraction of sp³-hybridized carbons (Fsp3) is 0.120. The van der Waals surface area contributed by atoms with Gasteiger partial charge in [0.2, 0.25) is 5.91 Å². The quantitative estimate of drug-likeness (QED) is 0.446. The molecule has 1 aromatic heterocycles. The number of benzene rings is 2. The lowest BCUT2D eigenvalue weighted by Crippen LogP contribution is -2.36. The molecule has 2 heterocycles. The molecular weight excluding hydrogens is 490 g/mol. The number of rotatable bonds is 6. The lowest BCUT2D eigenvalue weighted by Gasteiger charge is -2.13. The zero-order valence-corrected chi connectivity index (χ0v) is 20.3. The fourth-order valence-corrected chi connectivity index (χ4v) is 4.76. The van der Waals surface area contributed by atoms with Crippen LogP contribution in [0, 0.1) is 13.8 Å². The smallest absolute Gasteiger partial charge is 0.337 e. The van der Waals surface area contributed by atoms with Gasteiger partial charge in [0.15, 0.2) is 0 Å². The van der Waals surface area contributed by atoms with Crippen molar-refractivity contribution in [3.8, 4) is 5.69 Å². The Morgan fingerprint density at radius 2 is 1.77 bits per heavy atom. The molecule has 2 aromatic carbocycles. The molecule has 3 aromatic rings. The normalized spacial score (nSPS) is 14.6. The van der Waals surface area contributed by atoms with Gasteiger partial charge in [0.25, 0.3) is 11.1 Å². The van der Waals surface area contributed by atoms with Gasteiger partial charge in [-0.15, -0.1) is 0 Å². The van der Waals surface area contributed by atoms with Gasteiger partial charge in [-0.1, -0.05) is 23.7 Å². The van der Waals surface area contributed by atoms with Crippen molar-refractivity contribution in [3.05, 3.63) is 87.0 Å². The van der Waals surface area contributed by atoms with Crippen LogP contribution >= 0.6 is 23.4 Å². The van der Waals surface area contributed by atoms with E-state index in [1.54, 1.807) is 60.0 Å². The van der Waals surface area contributed by atoms with Gasteiger partial charge in [0.05, 0.1) is 16.2 Å². The Bertz CT molecular complexity index is 1390. The molecule has 0 atom stereocenters. The van der Waals surface area contributed by atoms with Crippen LogP contribution < -0.4 is 5.32 Å². The SMILES string of the molecule is Cc1cc(/C=C2\SC(=O)N(CC(=O)Nc3ccc(Cl)cc3)C2=O)c(C)n1-c1ccccc1C(=O)O. The monoisotopic (exact) mass is 509 g/mol. The molecule has 0 saturated carbocycles. The number of carboxylic acids is 1. The predicted molar refractivity (Wildman–Crippen MR) is 135 cm³/mol. The van der Waals surface area contributed by atoms with E-state index in [1.165, 1.54) is 6.07 Å². The van der Waals surface area contributed by atoms with E-state index in [0.717, 1.165) is 22.4 Å². The summed E-state index contributed by atoms with van der Waals surface area (Å²) in [5.74, 6) is -2.13. The second kappa shape index (κ2) is 9.81. The molecule has 0 unspecified atom stereocenters. The van der Waals surface area contributed by atoms with Crippen molar-refractivity contribution in [2.75, 3.05) is 11.9 Å². The summed E-state index contributed by atoms with van der Waals surface area (Å²) in [6, 6.07) is 14.9. The maximum Gasteiger partial charge on any atom is 0.337 e. The number of aromatic nitrogens is 1. The van der Waals surface area contributed by atoms with Crippen molar-refractivity contribution in [3.63, 3.8) is 0 Å². The third-order valence-corrected chi connectivity index (χ3v) is 6.59. The fourth-order valence-electron chi connectivity index (χ4n) is 3.81. The maximum absolute atomic E-state index is 12.9. The van der Waals surface area contributed by atoms with E-state index in [4.69, 9.17) is 11.6 Å². The highest BCUT2D eigenvalue weighted by atomic mass is 35.5. The summed E-state index contributed by atoms with van der Waals surface area (Å²) >= 11 is 6.59. The second-order valence-corrected chi connectivity index (χ2v) is 9.24. The first-order valence-electron chi connectivity index (χ1n) is 10.5. The molecule has 178 valence electrons. The molecule has 3 amide bonds. The molecule has 2 N–H and O–H groups in total. The number of nitrogens with one attached hydrogen (secondary N) is 1. The highest BCUT2D eigenvalue weighted by molar-refractivity contribution is 8.18. The van der Waals surface area contributed by atoms with Crippen LogP contribution in [-0.4, -0.2) is 44.1 Å². The summed E-state index contributed by atoms with van der Waals surface area (Å²) < 4.78 is 1.79. The van der Waals surface area contributed by atoms with Crippen LogP contribution in [0.5, 0.6) is 0 Å². The highest BCUT2D eigenvalue weighted by Crippen LogP contribution is 2.34. The molecular formula is C25H20ClN3O5S. The number of carbonyl (C=O) groups excluding carboxylic acids is 3. The molecule has 0 spiro atoms. The van der Waals surface area contributed by atoms with Crippen molar-refractivity contribution in [2.24, 2.45) is 0 Å². The molecule has 4 rings (SSSR count). The van der Waals surface area contributed by atoms with Crippen molar-refractivity contribution in [1.29, 1.82) is 0 Å². The third kappa shape index (κ3) is 5.01. The summed E-state index contributed by atoms with van der Waals surface area (Å²) in [6.45, 7) is 3.21. The van der Waals surface area contributed by atoms with Gasteiger partial charge >= 0.3 is 5.97 Å². The Morgan fingerprint density at radius 1 is 1.09 bits per heavy atom. The topological polar surface area (TPSA) is 109 Å². The van der Waals surface area contributed by atoms with Crippen LogP contribution in [0.4, 0.5) is 10.5 Å². The van der Waals surface area contributed by atoms with Crippen LogP contribution in [0.25, 0.3) is 11.8 Å². The van der Waals surface area contributed by atoms with E-state index >= 15 is 0 Å². The molecule has 0 radical (unpaired) electrons. The predicted octanol–water partition coefficient (Wildman–Crippen LogP) is 5.12. The minimum Gasteiger partial charge on any atom is -0.478 e. The summed E-state index contributed by atoms with van der Waals surface area (Å²) in [7, 11) is 0. The lowest BCUT2D eigenvalue weighted by molar-refractivity contribution is -0.127. The standard InChI is InChI=1S/C25H20ClN3O5S/c1-14-11-16(15(2)29(14)20-6-4-3-5-19(20)24(32)33)12-21-23(31)28(25(34)35-21)13-22(30)27-18-9-7-17(26)8-10-18/h3-12H,13H2,1-2H3,(H,27,30)(H,32,33)/b21-12-. The molecule has 1 fully saturated rings. The van der Waals surface area contributed by atoms with Crippen LogP contribution in [0.1, 0.15) is 27.3 Å². The number of hydrogen-bond donors (Lipinski definition) is 2. The van der Waals surface area contributed by atoms with Crippen LogP contribution in [0.15, 0.2) is 59.5 Å². The van der Waals surface area contributed by atoms with Crippen molar-refractivity contribution in [1.82, 2.24) is 9.47 Å². The number of para-hydroxylation sites is 1. The minimum absolute atomic E-state index is 0.146. The molecule has 1 aliphatic rings. The average molecular weight is 510 g/mol. The van der Waals surface area contributed by atoms with E-state index in [-0.39, 0.29) is 10.5 Å². The maximum atomic E-state index is 12.9. The van der Waals surface area contributed by atoms with E-state index in [1.807, 2.05) is 13.0 Å². The molecule has 8 nitrogen and oxygen atoms in total. The van der Waals surface area contributed by atoms with E-state index in [0.29, 0.717) is 27.7 Å². The Hall–Kier alpha value is -3.82. The lowest BCUT2D eigenvalue weighted by atomic mass is 10.1. The summed E-state index contributed by atoms with van der Waals surface area (Å²) in [5, 5.41) is 12.2. The van der Waals surface area contributed by atoms with Crippen LogP contribution in [0.2, 0.25) is 5.02 Å². The number of halogens is 1. The first kappa shape index (κ1) is 24.3. The van der Waals surface area contributed by atoms with Gasteiger partial charge in [-0.05, 0) is 79.7 Å². The number of thioether (sulfide) groups is 1. The molecule has 1 saturated heterocycles. The van der Waals surface area contributed by atoms with Gasteiger partial charge < -0.3 is 15.0 Å². The molecule has 10 heteroatoms. The van der Waals surface area contributed by atoms with Gasteiger partial charge in [-0.3, -0.25) is 19.3 Å². The first-order valence-corrected chi connectivity index (χ1v) is 11.7. The zero-order valence-electron chi connectivity index (χ0n) is 18.7. The van der Waals surface area contributed by atoms with E-state index in [9.17, 15) is 24.3 Å².